The highest BCUT2D eigenvalue weighted by atomic mass is 28.3. The van der Waals surface area contributed by atoms with Crippen LogP contribution in [0.3, 0.4) is 0 Å². The van der Waals surface area contributed by atoms with Gasteiger partial charge < -0.3 is 9.47 Å². The molecule has 9 aromatic rings. The van der Waals surface area contributed by atoms with Crippen LogP contribution in [0.5, 0.6) is 0 Å². The van der Waals surface area contributed by atoms with Crippen molar-refractivity contribution in [2.24, 2.45) is 0 Å². The quantitative estimate of drug-likeness (QED) is 0.165. The third kappa shape index (κ3) is 4.16. The number of aromatic nitrogens is 1. The Bertz CT molecular complexity index is 2910. The van der Waals surface area contributed by atoms with Crippen molar-refractivity contribution in [3.05, 3.63) is 216 Å². The van der Waals surface area contributed by atoms with Crippen LogP contribution in [-0.4, -0.2) is 12.6 Å². The summed E-state index contributed by atoms with van der Waals surface area (Å²) in [6, 6.07) is 72.5. The molecule has 8 aromatic carbocycles. The van der Waals surface area contributed by atoms with Gasteiger partial charge in [-0.25, -0.2) is 0 Å². The van der Waals surface area contributed by atoms with Crippen molar-refractivity contribution in [1.82, 2.24) is 4.57 Å². The van der Waals surface area contributed by atoms with Crippen molar-refractivity contribution in [2.45, 2.75) is 18.5 Å². The predicted molar refractivity (Wildman–Crippen MR) is 230 cm³/mol. The lowest BCUT2D eigenvalue weighted by atomic mass is 9.62. The molecule has 0 aliphatic carbocycles. The topological polar surface area (TPSA) is 8.17 Å². The summed E-state index contributed by atoms with van der Waals surface area (Å²) in [6.45, 7) is 5.08. The number of rotatable bonds is 4. The van der Waals surface area contributed by atoms with E-state index >= 15 is 0 Å². The van der Waals surface area contributed by atoms with E-state index in [9.17, 15) is 0 Å². The summed E-state index contributed by atoms with van der Waals surface area (Å²) in [4.78, 5) is 2.43. The van der Waals surface area contributed by atoms with Crippen LogP contribution >= 0.6 is 0 Å². The standard InChI is InChI=1S/C51H38N2Si/c1-54(2)48-27-14-11-23-43(48)51(42-22-10-13-26-47(42)53-46-25-12-9-20-40(46)41-21-15-24-44(51)50(41)53)45-34-39(32-33-49(45)54)52(37-18-7-4-8-19-37)38-30-28-36(29-31-38)35-16-5-3-6-17-35/h3-34H,1-2H3. The second-order valence-electron chi connectivity index (χ2n) is 15.3. The van der Waals surface area contributed by atoms with E-state index in [1.807, 2.05) is 0 Å². The number of nitrogens with zero attached hydrogens (tertiary/aromatic N) is 2. The van der Waals surface area contributed by atoms with Gasteiger partial charge in [0.05, 0.1) is 22.1 Å². The largest absolute Gasteiger partial charge is 0.310 e. The van der Waals surface area contributed by atoms with Crippen molar-refractivity contribution >= 4 is 57.3 Å². The van der Waals surface area contributed by atoms with Crippen molar-refractivity contribution in [3.63, 3.8) is 0 Å². The van der Waals surface area contributed by atoms with Gasteiger partial charge in [-0.15, -0.1) is 0 Å². The maximum absolute atomic E-state index is 2.55. The Morgan fingerprint density at radius 3 is 1.81 bits per heavy atom. The number of para-hydroxylation sites is 4. The Hall–Kier alpha value is -6.42. The molecular weight excluding hydrogens is 669 g/mol. The van der Waals surface area contributed by atoms with Gasteiger partial charge in [-0.1, -0.05) is 159 Å². The van der Waals surface area contributed by atoms with Crippen molar-refractivity contribution < 1.29 is 0 Å². The fraction of sp³-hybridized carbons (Fsp3) is 0.0588. The minimum Gasteiger partial charge on any atom is -0.310 e. The molecule has 2 aliphatic heterocycles. The molecule has 256 valence electrons. The van der Waals surface area contributed by atoms with Gasteiger partial charge >= 0.3 is 0 Å². The van der Waals surface area contributed by atoms with Crippen molar-refractivity contribution in [2.75, 3.05) is 4.90 Å². The second kappa shape index (κ2) is 11.5. The van der Waals surface area contributed by atoms with Crippen LogP contribution in [0.25, 0.3) is 38.6 Å². The van der Waals surface area contributed by atoms with E-state index in [1.54, 1.807) is 0 Å². The molecule has 1 atom stereocenters. The molecule has 0 N–H and O–H groups in total. The van der Waals surface area contributed by atoms with Gasteiger partial charge in [-0.2, -0.15) is 0 Å². The Kier molecular flexibility index (Phi) is 6.65. The summed E-state index contributed by atoms with van der Waals surface area (Å²) in [5.41, 5.74) is 14.7. The molecule has 54 heavy (non-hydrogen) atoms. The van der Waals surface area contributed by atoms with E-state index in [4.69, 9.17) is 0 Å². The molecular formula is C51H38N2Si. The molecule has 3 heterocycles. The molecule has 1 unspecified atom stereocenters. The van der Waals surface area contributed by atoms with Gasteiger partial charge in [0.2, 0.25) is 0 Å². The molecule has 1 spiro atoms. The highest BCUT2D eigenvalue weighted by Crippen LogP contribution is 2.55. The predicted octanol–water partition coefficient (Wildman–Crippen LogP) is 11.8. The molecule has 2 aliphatic rings. The van der Waals surface area contributed by atoms with Gasteiger partial charge in [-0.05, 0) is 92.3 Å². The first-order valence-electron chi connectivity index (χ1n) is 18.9. The lowest BCUT2D eigenvalue weighted by Crippen LogP contribution is -2.63. The SMILES string of the molecule is C[Si]1(C)c2ccccc2C2(c3ccccc3-n3c4ccccc4c4cccc2c43)c2cc(N(c3ccccc3)c3ccc(-c4ccccc4)cc3)ccc21. The van der Waals surface area contributed by atoms with Crippen LogP contribution < -0.4 is 15.3 Å². The molecule has 0 fully saturated rings. The Labute approximate surface area is 317 Å². The summed E-state index contributed by atoms with van der Waals surface area (Å²) in [7, 11) is -2.16. The molecule has 0 saturated carbocycles. The Balaban J connectivity index is 1.24. The average molecular weight is 707 g/mol. The van der Waals surface area contributed by atoms with E-state index in [2.05, 4.69) is 217 Å². The van der Waals surface area contributed by atoms with Gasteiger partial charge in [0.1, 0.15) is 8.07 Å². The molecule has 2 nitrogen and oxygen atoms in total. The Morgan fingerprint density at radius 1 is 0.426 bits per heavy atom. The normalized spacial score (nSPS) is 16.2. The first-order valence-corrected chi connectivity index (χ1v) is 21.9. The highest BCUT2D eigenvalue weighted by Gasteiger charge is 2.53. The van der Waals surface area contributed by atoms with E-state index in [0.29, 0.717) is 0 Å². The highest BCUT2D eigenvalue weighted by molar-refractivity contribution is 7.01. The van der Waals surface area contributed by atoms with E-state index in [-0.39, 0.29) is 0 Å². The third-order valence-corrected chi connectivity index (χ3v) is 15.8. The zero-order valence-electron chi connectivity index (χ0n) is 30.4. The van der Waals surface area contributed by atoms with E-state index in [0.717, 1.165) is 17.1 Å². The van der Waals surface area contributed by atoms with E-state index in [1.165, 1.54) is 71.2 Å². The van der Waals surface area contributed by atoms with Crippen molar-refractivity contribution in [3.8, 4) is 16.8 Å². The second-order valence-corrected chi connectivity index (χ2v) is 19.6. The maximum atomic E-state index is 2.55. The summed E-state index contributed by atoms with van der Waals surface area (Å²) in [5, 5.41) is 5.61. The molecule has 0 radical (unpaired) electrons. The lowest BCUT2D eigenvalue weighted by molar-refractivity contribution is 0.732. The summed E-state index contributed by atoms with van der Waals surface area (Å²) < 4.78 is 2.54. The average Bonchev–Trinajstić information content (AvgIpc) is 3.57. The Morgan fingerprint density at radius 2 is 1.00 bits per heavy atom. The van der Waals surface area contributed by atoms with Crippen molar-refractivity contribution in [1.29, 1.82) is 0 Å². The fourth-order valence-corrected chi connectivity index (χ4v) is 13.1. The summed E-state index contributed by atoms with van der Waals surface area (Å²) >= 11 is 0. The van der Waals surface area contributed by atoms with Crippen LogP contribution in [0.2, 0.25) is 13.1 Å². The lowest BCUT2D eigenvalue weighted by Gasteiger charge is -2.50. The van der Waals surface area contributed by atoms with Crippen LogP contribution in [0, 0.1) is 0 Å². The van der Waals surface area contributed by atoms with Crippen LogP contribution in [0.15, 0.2) is 194 Å². The number of anilines is 3. The zero-order chi connectivity index (χ0) is 36.0. The minimum atomic E-state index is -2.16. The van der Waals surface area contributed by atoms with E-state index < -0.39 is 13.5 Å². The summed E-state index contributed by atoms with van der Waals surface area (Å²) in [6.07, 6.45) is 0. The number of hydrogen-bond acceptors (Lipinski definition) is 1. The summed E-state index contributed by atoms with van der Waals surface area (Å²) in [5.74, 6) is 0. The number of hydrogen-bond donors (Lipinski definition) is 0. The van der Waals surface area contributed by atoms with Gasteiger partial charge in [-0.3, -0.25) is 0 Å². The fourth-order valence-electron chi connectivity index (χ4n) is 9.91. The number of fused-ring (bicyclic) bond motifs is 11. The number of benzene rings is 8. The smallest absolute Gasteiger partial charge is 0.113 e. The molecule has 11 rings (SSSR count). The molecule has 0 bridgehead atoms. The monoisotopic (exact) mass is 706 g/mol. The maximum Gasteiger partial charge on any atom is 0.113 e. The third-order valence-electron chi connectivity index (χ3n) is 12.2. The van der Waals surface area contributed by atoms with Crippen LogP contribution in [0.1, 0.15) is 22.3 Å². The molecule has 0 saturated heterocycles. The first kappa shape index (κ1) is 31.1. The zero-order valence-corrected chi connectivity index (χ0v) is 31.4. The first-order chi connectivity index (χ1) is 26.6. The van der Waals surface area contributed by atoms with Gasteiger partial charge in [0, 0.05) is 27.8 Å². The molecule has 0 amide bonds. The van der Waals surface area contributed by atoms with Gasteiger partial charge in [0.25, 0.3) is 0 Å². The molecule has 1 aromatic heterocycles. The van der Waals surface area contributed by atoms with Crippen LogP contribution in [0.4, 0.5) is 17.1 Å². The molecule has 3 heteroatoms. The van der Waals surface area contributed by atoms with Gasteiger partial charge in [0.15, 0.2) is 0 Å². The minimum absolute atomic E-state index is 0.523. The van der Waals surface area contributed by atoms with Crippen LogP contribution in [-0.2, 0) is 5.41 Å².